The molecular weight excluding hydrogens is 356 g/mol. The summed E-state index contributed by atoms with van der Waals surface area (Å²) in [5, 5.41) is 14.6. The number of nitrogen functional groups attached to an aromatic ring is 1. The molecule has 0 bridgehead atoms. The smallest absolute Gasteiger partial charge is 0.407 e. The first-order valence-corrected chi connectivity index (χ1v) is 10.1. The van der Waals surface area contributed by atoms with Crippen LogP contribution in [-0.2, 0) is 24.1 Å². The molecule has 2 aromatic rings. The Labute approximate surface area is 165 Å². The summed E-state index contributed by atoms with van der Waals surface area (Å²) in [4.78, 5) is 14.3. The van der Waals surface area contributed by atoms with Gasteiger partial charge in [-0.25, -0.2) is 4.79 Å². The Morgan fingerprint density at radius 2 is 2.18 bits per heavy atom. The molecule has 4 rings (SSSR count). The van der Waals surface area contributed by atoms with Gasteiger partial charge in [-0.1, -0.05) is 0 Å². The Morgan fingerprint density at radius 1 is 1.39 bits per heavy atom. The number of anilines is 1. The van der Waals surface area contributed by atoms with Gasteiger partial charge in [0.25, 0.3) is 0 Å². The first-order chi connectivity index (χ1) is 13.3. The highest BCUT2D eigenvalue weighted by Gasteiger charge is 2.34. The number of hydrogen-bond donors (Lipinski definition) is 3. The van der Waals surface area contributed by atoms with Gasteiger partial charge in [-0.05, 0) is 57.5 Å². The van der Waals surface area contributed by atoms with E-state index < -0.39 is 0 Å². The third-order valence-corrected chi connectivity index (χ3v) is 6.02. The number of alkyl carbamates (subject to hydrolysis) is 1. The lowest BCUT2D eigenvalue weighted by atomic mass is 10.1. The summed E-state index contributed by atoms with van der Waals surface area (Å²) in [6.07, 6.45) is 1.50. The molecular formula is C21H30N4O3. The maximum absolute atomic E-state index is 12.0. The van der Waals surface area contributed by atoms with Crippen LogP contribution in [0.15, 0.2) is 18.2 Å². The second-order valence-electron chi connectivity index (χ2n) is 8.42. The fourth-order valence-corrected chi connectivity index (χ4v) is 4.67. The lowest BCUT2D eigenvalue weighted by Crippen LogP contribution is -2.38. The fourth-order valence-electron chi connectivity index (χ4n) is 4.67. The minimum absolute atomic E-state index is 0.0135. The highest BCUT2D eigenvalue weighted by molar-refractivity contribution is 5.89. The maximum atomic E-state index is 12.0. The van der Waals surface area contributed by atoms with Gasteiger partial charge >= 0.3 is 6.09 Å². The molecule has 7 heteroatoms. The minimum atomic E-state index is -0.369. The highest BCUT2D eigenvalue weighted by Crippen LogP contribution is 2.35. The van der Waals surface area contributed by atoms with E-state index in [4.69, 9.17) is 10.5 Å². The molecule has 2 heterocycles. The van der Waals surface area contributed by atoms with Gasteiger partial charge in [-0.15, -0.1) is 0 Å². The number of benzene rings is 1. The van der Waals surface area contributed by atoms with Gasteiger partial charge in [0, 0.05) is 47.8 Å². The minimum Gasteiger partial charge on any atom is -0.447 e. The molecule has 1 aliphatic carbocycles. The van der Waals surface area contributed by atoms with E-state index in [1.165, 1.54) is 11.3 Å². The van der Waals surface area contributed by atoms with Gasteiger partial charge in [0.15, 0.2) is 0 Å². The van der Waals surface area contributed by atoms with Crippen LogP contribution < -0.4 is 11.1 Å². The van der Waals surface area contributed by atoms with Crippen molar-refractivity contribution in [1.82, 2.24) is 14.8 Å². The van der Waals surface area contributed by atoms with E-state index >= 15 is 0 Å². The van der Waals surface area contributed by atoms with Crippen molar-refractivity contribution >= 4 is 22.7 Å². The van der Waals surface area contributed by atoms with Crippen molar-refractivity contribution in [2.75, 3.05) is 19.3 Å². The van der Waals surface area contributed by atoms with Gasteiger partial charge in [0.2, 0.25) is 0 Å². The number of likely N-dealkylation sites (N-methyl/N-ethyl adjacent to an activating group) is 1. The zero-order valence-corrected chi connectivity index (χ0v) is 16.8. The van der Waals surface area contributed by atoms with Crippen LogP contribution in [0.4, 0.5) is 10.5 Å². The number of hydrogen-bond acceptors (Lipinski definition) is 5. The Hall–Kier alpha value is -2.25. The average Bonchev–Trinajstić information content (AvgIpc) is 3.23. The third kappa shape index (κ3) is 3.44. The standard InChI is InChI=1S/C21H30N4O3/c1-12(2)28-21(27)23-14-9-16-15-8-13(22)4-5-17(15)25(18(16)10-14)11-19-20(26)6-7-24(19)3/h4-5,8,12,14,19-20,26H,6-7,9-11,22H2,1-3H3,(H,23,27)/t14-,19+,20+/m0/s1. The molecule has 1 amide bonds. The zero-order chi connectivity index (χ0) is 20.0. The van der Waals surface area contributed by atoms with E-state index in [9.17, 15) is 9.90 Å². The van der Waals surface area contributed by atoms with Crippen molar-refractivity contribution in [1.29, 1.82) is 0 Å². The van der Waals surface area contributed by atoms with Crippen molar-refractivity contribution in [3.05, 3.63) is 29.5 Å². The average molecular weight is 386 g/mol. The molecule has 28 heavy (non-hydrogen) atoms. The molecule has 3 atom stereocenters. The maximum Gasteiger partial charge on any atom is 0.407 e. The Bertz CT molecular complexity index is 881. The van der Waals surface area contributed by atoms with Crippen LogP contribution in [0.2, 0.25) is 0 Å². The predicted molar refractivity (Wildman–Crippen MR) is 109 cm³/mol. The molecule has 1 fully saturated rings. The van der Waals surface area contributed by atoms with Gasteiger partial charge in [-0.3, -0.25) is 4.90 Å². The number of amides is 1. The van der Waals surface area contributed by atoms with Gasteiger partial charge < -0.3 is 25.5 Å². The molecule has 4 N–H and O–H groups in total. The summed E-state index contributed by atoms with van der Waals surface area (Å²) in [5.74, 6) is 0. The van der Waals surface area contributed by atoms with Crippen molar-refractivity contribution in [3.63, 3.8) is 0 Å². The van der Waals surface area contributed by atoms with Gasteiger partial charge in [0.1, 0.15) is 0 Å². The molecule has 0 spiro atoms. The number of nitrogens with zero attached hydrogens (tertiary/aromatic N) is 2. The second kappa shape index (κ2) is 7.29. The highest BCUT2D eigenvalue weighted by atomic mass is 16.6. The number of aliphatic hydroxyl groups is 1. The molecule has 1 aromatic heterocycles. The predicted octanol–water partition coefficient (Wildman–Crippen LogP) is 1.89. The number of rotatable bonds is 4. The molecule has 1 saturated heterocycles. The number of ether oxygens (including phenoxy) is 1. The van der Waals surface area contributed by atoms with E-state index in [1.54, 1.807) is 0 Å². The Morgan fingerprint density at radius 3 is 2.86 bits per heavy atom. The summed E-state index contributed by atoms with van der Waals surface area (Å²) >= 11 is 0. The molecule has 1 aliphatic heterocycles. The van der Waals surface area contributed by atoms with E-state index in [-0.39, 0.29) is 30.4 Å². The first kappa shape index (κ1) is 19.1. The zero-order valence-electron chi connectivity index (χ0n) is 16.8. The van der Waals surface area contributed by atoms with Crippen LogP contribution in [-0.4, -0.2) is 58.6 Å². The molecule has 0 radical (unpaired) electrons. The van der Waals surface area contributed by atoms with Crippen molar-refractivity contribution < 1.29 is 14.6 Å². The summed E-state index contributed by atoms with van der Waals surface area (Å²) in [6.45, 7) is 5.33. The van der Waals surface area contributed by atoms with E-state index in [0.29, 0.717) is 0 Å². The molecule has 2 aliphatic rings. The van der Waals surface area contributed by atoms with Crippen molar-refractivity contribution in [2.45, 2.75) is 63.9 Å². The van der Waals surface area contributed by atoms with Crippen LogP contribution in [0, 0.1) is 0 Å². The first-order valence-electron chi connectivity index (χ1n) is 10.1. The lowest BCUT2D eigenvalue weighted by Gasteiger charge is -2.24. The quantitative estimate of drug-likeness (QED) is 0.698. The summed E-state index contributed by atoms with van der Waals surface area (Å²) < 4.78 is 7.56. The third-order valence-electron chi connectivity index (χ3n) is 6.02. The number of likely N-dealkylation sites (tertiary alicyclic amines) is 1. The van der Waals surface area contributed by atoms with Crippen LogP contribution in [0.5, 0.6) is 0 Å². The Kier molecular flexibility index (Phi) is 4.97. The number of fused-ring (bicyclic) bond motifs is 3. The Balaban J connectivity index is 1.64. The SMILES string of the molecule is CC(C)OC(=O)N[C@H]1Cc2c(n(C[C@@H]3[C@H](O)CCN3C)c3ccc(N)cc23)C1. The van der Waals surface area contributed by atoms with E-state index in [1.807, 2.05) is 26.0 Å². The molecule has 7 nitrogen and oxygen atoms in total. The number of carbonyl (C=O) groups is 1. The van der Waals surface area contributed by atoms with Crippen LogP contribution in [0.25, 0.3) is 10.9 Å². The molecule has 152 valence electrons. The van der Waals surface area contributed by atoms with E-state index in [0.717, 1.165) is 48.9 Å². The number of nitrogens with two attached hydrogens (primary N) is 1. The number of carbonyl (C=O) groups excluding carboxylic acids is 1. The van der Waals surface area contributed by atoms with Crippen LogP contribution >= 0.6 is 0 Å². The van der Waals surface area contributed by atoms with Crippen molar-refractivity contribution in [3.8, 4) is 0 Å². The van der Waals surface area contributed by atoms with Gasteiger partial charge in [0.05, 0.1) is 18.2 Å². The summed E-state index contributed by atoms with van der Waals surface area (Å²) in [5.41, 5.74) is 10.4. The summed E-state index contributed by atoms with van der Waals surface area (Å²) in [6, 6.07) is 6.13. The van der Waals surface area contributed by atoms with E-state index in [2.05, 4.69) is 27.9 Å². The molecule has 0 saturated carbocycles. The monoisotopic (exact) mass is 386 g/mol. The van der Waals surface area contributed by atoms with Gasteiger partial charge in [-0.2, -0.15) is 0 Å². The molecule has 0 unspecified atom stereocenters. The van der Waals surface area contributed by atoms with Crippen molar-refractivity contribution in [2.24, 2.45) is 0 Å². The fraction of sp³-hybridized carbons (Fsp3) is 0.571. The van der Waals surface area contributed by atoms with Crippen LogP contribution in [0.1, 0.15) is 31.5 Å². The number of aliphatic hydroxyl groups excluding tert-OH is 1. The number of nitrogens with one attached hydrogen (secondary N) is 1. The molecule has 1 aromatic carbocycles. The lowest BCUT2D eigenvalue weighted by molar-refractivity contribution is 0.112. The second-order valence-corrected chi connectivity index (χ2v) is 8.42. The number of aromatic nitrogens is 1. The topological polar surface area (TPSA) is 92.7 Å². The largest absolute Gasteiger partial charge is 0.447 e. The summed E-state index contributed by atoms with van der Waals surface area (Å²) in [7, 11) is 2.07. The van der Waals surface area contributed by atoms with Crippen LogP contribution in [0.3, 0.4) is 0 Å². The normalized spacial score (nSPS) is 24.8.